The molecule has 0 aromatic carbocycles. The van der Waals surface area contributed by atoms with Crippen LogP contribution < -0.4 is 0 Å². The van der Waals surface area contributed by atoms with Crippen LogP contribution in [0.2, 0.25) is 0 Å². The SMILES string of the molecule is CC(=O)[C@H](CCC#N)c1ccncc1. The zero-order valence-electron chi connectivity index (χ0n) is 8.10. The Morgan fingerprint density at radius 1 is 1.57 bits per heavy atom. The molecule has 72 valence electrons. The van der Waals surface area contributed by atoms with E-state index in [1.54, 1.807) is 19.3 Å². The molecule has 14 heavy (non-hydrogen) atoms. The number of hydrogen-bond donors (Lipinski definition) is 0. The zero-order valence-corrected chi connectivity index (χ0v) is 8.10. The molecule has 0 aliphatic heterocycles. The van der Waals surface area contributed by atoms with Gasteiger partial charge in [-0.05, 0) is 31.0 Å². The lowest BCUT2D eigenvalue weighted by Gasteiger charge is -2.11. The summed E-state index contributed by atoms with van der Waals surface area (Å²) in [5, 5.41) is 8.47. The third-order valence-electron chi connectivity index (χ3n) is 2.14. The van der Waals surface area contributed by atoms with Crippen LogP contribution in [0, 0.1) is 11.3 Å². The standard InChI is InChI=1S/C11H12N2O/c1-9(14)11(3-2-6-12)10-4-7-13-8-5-10/h4-5,7-8,11H,2-3H2,1H3/t11-/m0/s1. The molecule has 0 fully saturated rings. The summed E-state index contributed by atoms with van der Waals surface area (Å²) in [5.41, 5.74) is 0.947. The maximum Gasteiger partial charge on any atom is 0.137 e. The topological polar surface area (TPSA) is 53.8 Å². The third-order valence-corrected chi connectivity index (χ3v) is 2.14. The highest BCUT2D eigenvalue weighted by atomic mass is 16.1. The van der Waals surface area contributed by atoms with Crippen molar-refractivity contribution in [3.05, 3.63) is 30.1 Å². The number of carbonyl (C=O) groups excluding carboxylic acids is 1. The maximum atomic E-state index is 11.3. The number of nitriles is 1. The molecule has 0 aliphatic carbocycles. The van der Waals surface area contributed by atoms with Crippen LogP contribution >= 0.6 is 0 Å². The van der Waals surface area contributed by atoms with E-state index >= 15 is 0 Å². The second-order valence-corrected chi connectivity index (χ2v) is 3.14. The van der Waals surface area contributed by atoms with E-state index < -0.39 is 0 Å². The van der Waals surface area contributed by atoms with Crippen LogP contribution in [0.15, 0.2) is 24.5 Å². The van der Waals surface area contributed by atoms with Crippen molar-refractivity contribution < 1.29 is 4.79 Å². The van der Waals surface area contributed by atoms with E-state index in [1.807, 2.05) is 12.1 Å². The molecule has 0 saturated heterocycles. The number of pyridine rings is 1. The van der Waals surface area contributed by atoms with Crippen molar-refractivity contribution in [1.82, 2.24) is 4.98 Å². The van der Waals surface area contributed by atoms with Gasteiger partial charge < -0.3 is 0 Å². The van der Waals surface area contributed by atoms with E-state index in [9.17, 15) is 4.79 Å². The van der Waals surface area contributed by atoms with E-state index in [1.165, 1.54) is 0 Å². The number of Topliss-reactive ketones (excluding diaryl/α,β-unsaturated/α-hetero) is 1. The summed E-state index contributed by atoms with van der Waals surface area (Å²) in [6, 6.07) is 5.70. The Morgan fingerprint density at radius 2 is 2.21 bits per heavy atom. The highest BCUT2D eigenvalue weighted by Crippen LogP contribution is 2.21. The molecule has 0 bridgehead atoms. The van der Waals surface area contributed by atoms with E-state index in [-0.39, 0.29) is 11.7 Å². The lowest BCUT2D eigenvalue weighted by molar-refractivity contribution is -0.118. The molecule has 0 radical (unpaired) electrons. The van der Waals surface area contributed by atoms with Gasteiger partial charge in [0.1, 0.15) is 5.78 Å². The van der Waals surface area contributed by atoms with Gasteiger partial charge in [0, 0.05) is 24.7 Å². The Labute approximate surface area is 83.4 Å². The van der Waals surface area contributed by atoms with Crippen molar-refractivity contribution in [2.45, 2.75) is 25.7 Å². The second kappa shape index (κ2) is 5.13. The van der Waals surface area contributed by atoms with Crippen LogP contribution in [0.3, 0.4) is 0 Å². The van der Waals surface area contributed by atoms with Gasteiger partial charge in [-0.1, -0.05) is 0 Å². The van der Waals surface area contributed by atoms with Crippen LogP contribution in [-0.2, 0) is 4.79 Å². The Balaban J connectivity index is 2.79. The normalized spacial score (nSPS) is 11.7. The second-order valence-electron chi connectivity index (χ2n) is 3.14. The number of aromatic nitrogens is 1. The molecule has 1 aromatic rings. The first-order chi connectivity index (χ1) is 6.75. The van der Waals surface area contributed by atoms with Gasteiger partial charge in [0.05, 0.1) is 6.07 Å². The first-order valence-electron chi connectivity index (χ1n) is 4.53. The molecule has 0 aliphatic rings. The molecule has 1 heterocycles. The Morgan fingerprint density at radius 3 is 2.71 bits per heavy atom. The molecule has 0 amide bonds. The van der Waals surface area contributed by atoms with Gasteiger partial charge in [0.2, 0.25) is 0 Å². The van der Waals surface area contributed by atoms with Crippen molar-refractivity contribution in [2.24, 2.45) is 0 Å². The fourth-order valence-electron chi connectivity index (χ4n) is 1.41. The lowest BCUT2D eigenvalue weighted by Crippen LogP contribution is -2.08. The number of hydrogen-bond acceptors (Lipinski definition) is 3. The summed E-state index contributed by atoms with van der Waals surface area (Å²) in [6.07, 6.45) is 4.33. The van der Waals surface area contributed by atoms with Gasteiger partial charge in [0.15, 0.2) is 0 Å². The average molecular weight is 188 g/mol. The Bertz CT molecular complexity index is 340. The molecule has 1 rings (SSSR count). The van der Waals surface area contributed by atoms with Gasteiger partial charge in [-0.3, -0.25) is 9.78 Å². The Kier molecular flexibility index (Phi) is 3.81. The maximum absolute atomic E-state index is 11.3. The zero-order chi connectivity index (χ0) is 10.4. The Hall–Kier alpha value is -1.69. The van der Waals surface area contributed by atoms with Crippen molar-refractivity contribution in [3.8, 4) is 6.07 Å². The summed E-state index contributed by atoms with van der Waals surface area (Å²) < 4.78 is 0. The van der Waals surface area contributed by atoms with E-state index in [2.05, 4.69) is 11.1 Å². The van der Waals surface area contributed by atoms with Gasteiger partial charge >= 0.3 is 0 Å². The van der Waals surface area contributed by atoms with E-state index in [0.29, 0.717) is 12.8 Å². The lowest BCUT2D eigenvalue weighted by atomic mass is 9.92. The molecular weight excluding hydrogens is 176 g/mol. The monoisotopic (exact) mass is 188 g/mol. The van der Waals surface area contributed by atoms with Crippen LogP contribution in [0.5, 0.6) is 0 Å². The van der Waals surface area contributed by atoms with Gasteiger partial charge in [-0.15, -0.1) is 0 Å². The average Bonchev–Trinajstić information content (AvgIpc) is 2.19. The highest BCUT2D eigenvalue weighted by Gasteiger charge is 2.15. The number of carbonyl (C=O) groups is 1. The molecule has 3 heteroatoms. The highest BCUT2D eigenvalue weighted by molar-refractivity contribution is 5.83. The van der Waals surface area contributed by atoms with Crippen molar-refractivity contribution in [1.29, 1.82) is 5.26 Å². The molecule has 0 unspecified atom stereocenters. The molecule has 3 nitrogen and oxygen atoms in total. The van der Waals surface area contributed by atoms with E-state index in [0.717, 1.165) is 5.56 Å². The van der Waals surface area contributed by atoms with Gasteiger partial charge in [0.25, 0.3) is 0 Å². The first-order valence-corrected chi connectivity index (χ1v) is 4.53. The summed E-state index contributed by atoms with van der Waals surface area (Å²) >= 11 is 0. The predicted molar refractivity (Wildman–Crippen MR) is 52.5 cm³/mol. The first kappa shape index (κ1) is 10.4. The fourth-order valence-corrected chi connectivity index (χ4v) is 1.41. The minimum atomic E-state index is -0.155. The van der Waals surface area contributed by atoms with Crippen LogP contribution in [0.25, 0.3) is 0 Å². The minimum Gasteiger partial charge on any atom is -0.299 e. The van der Waals surface area contributed by atoms with Crippen LogP contribution in [0.4, 0.5) is 0 Å². The quantitative estimate of drug-likeness (QED) is 0.726. The van der Waals surface area contributed by atoms with Crippen LogP contribution in [-0.4, -0.2) is 10.8 Å². The number of ketones is 1. The van der Waals surface area contributed by atoms with Gasteiger partial charge in [-0.25, -0.2) is 0 Å². The smallest absolute Gasteiger partial charge is 0.137 e. The summed E-state index contributed by atoms with van der Waals surface area (Å²) in [7, 11) is 0. The van der Waals surface area contributed by atoms with Gasteiger partial charge in [-0.2, -0.15) is 5.26 Å². The molecule has 0 spiro atoms. The summed E-state index contributed by atoms with van der Waals surface area (Å²) in [4.78, 5) is 15.2. The van der Waals surface area contributed by atoms with Crippen molar-refractivity contribution in [2.75, 3.05) is 0 Å². The molecule has 0 saturated carbocycles. The number of nitrogens with zero attached hydrogens (tertiary/aromatic N) is 2. The molecule has 1 aromatic heterocycles. The fraction of sp³-hybridized carbons (Fsp3) is 0.364. The third kappa shape index (κ3) is 2.67. The minimum absolute atomic E-state index is 0.103. The summed E-state index contributed by atoms with van der Waals surface area (Å²) in [5.74, 6) is -0.0518. The van der Waals surface area contributed by atoms with E-state index in [4.69, 9.17) is 5.26 Å². The summed E-state index contributed by atoms with van der Waals surface area (Å²) in [6.45, 7) is 1.56. The molecule has 0 N–H and O–H groups in total. The van der Waals surface area contributed by atoms with Crippen molar-refractivity contribution in [3.63, 3.8) is 0 Å². The number of rotatable bonds is 4. The molecular formula is C11H12N2O. The molecule has 1 atom stereocenters. The van der Waals surface area contributed by atoms with Crippen molar-refractivity contribution >= 4 is 5.78 Å². The van der Waals surface area contributed by atoms with Crippen LogP contribution in [0.1, 0.15) is 31.2 Å². The largest absolute Gasteiger partial charge is 0.299 e. The predicted octanol–water partition coefficient (Wildman–Crippen LogP) is 2.06.